The van der Waals surface area contributed by atoms with Crippen LogP contribution in [-0.4, -0.2) is 35.5 Å². The Morgan fingerprint density at radius 3 is 3.13 bits per heavy atom. The smallest absolute Gasteiger partial charge is 0.177 e. The third-order valence-electron chi connectivity index (χ3n) is 2.59. The molecular formula is C10H16N2O2S. The lowest BCUT2D eigenvalue weighted by Gasteiger charge is -2.23. The standard InChI is InChI=1S/C10H16N2O2S/c1-2-8-5-11-10(15)12(8)6-9-7-13-3-4-14-9/h5,9H,2-4,6-7H2,1H3,(H,11,15). The van der Waals surface area contributed by atoms with Crippen molar-refractivity contribution in [2.24, 2.45) is 0 Å². The van der Waals surface area contributed by atoms with Gasteiger partial charge in [0, 0.05) is 11.9 Å². The van der Waals surface area contributed by atoms with E-state index >= 15 is 0 Å². The van der Waals surface area contributed by atoms with E-state index in [0.29, 0.717) is 19.8 Å². The molecule has 0 spiro atoms. The summed E-state index contributed by atoms with van der Waals surface area (Å²) in [6.07, 6.45) is 3.07. The fourth-order valence-electron chi connectivity index (χ4n) is 1.77. The van der Waals surface area contributed by atoms with Crippen molar-refractivity contribution in [2.45, 2.75) is 26.0 Å². The van der Waals surface area contributed by atoms with Crippen LogP contribution < -0.4 is 0 Å². The summed E-state index contributed by atoms with van der Waals surface area (Å²) in [6, 6.07) is 0. The maximum absolute atomic E-state index is 5.60. The summed E-state index contributed by atoms with van der Waals surface area (Å²) in [4.78, 5) is 3.06. The van der Waals surface area contributed by atoms with Crippen LogP contribution in [0.2, 0.25) is 0 Å². The van der Waals surface area contributed by atoms with Crippen molar-refractivity contribution in [1.29, 1.82) is 0 Å². The van der Waals surface area contributed by atoms with Gasteiger partial charge in [0.1, 0.15) is 0 Å². The summed E-state index contributed by atoms with van der Waals surface area (Å²) in [5, 5.41) is 0. The topological polar surface area (TPSA) is 39.2 Å². The van der Waals surface area contributed by atoms with Gasteiger partial charge in [0.2, 0.25) is 0 Å². The van der Waals surface area contributed by atoms with E-state index in [2.05, 4.69) is 16.5 Å². The molecular weight excluding hydrogens is 212 g/mol. The zero-order valence-electron chi connectivity index (χ0n) is 8.86. The number of aromatic nitrogens is 2. The van der Waals surface area contributed by atoms with Crippen LogP contribution in [0.3, 0.4) is 0 Å². The zero-order valence-corrected chi connectivity index (χ0v) is 9.68. The van der Waals surface area contributed by atoms with Crippen molar-refractivity contribution in [3.63, 3.8) is 0 Å². The third kappa shape index (κ3) is 2.48. The Morgan fingerprint density at radius 2 is 2.47 bits per heavy atom. The Hall–Kier alpha value is -0.650. The number of nitrogens with one attached hydrogen (secondary N) is 1. The van der Waals surface area contributed by atoms with E-state index in [1.165, 1.54) is 5.69 Å². The SMILES string of the molecule is CCc1c[nH]c(=S)n1CC1COCCO1. The molecule has 1 fully saturated rings. The van der Waals surface area contributed by atoms with Gasteiger partial charge < -0.3 is 19.0 Å². The van der Waals surface area contributed by atoms with Gasteiger partial charge in [0.25, 0.3) is 0 Å². The molecule has 0 bridgehead atoms. The zero-order chi connectivity index (χ0) is 10.7. The molecule has 1 unspecified atom stereocenters. The summed E-state index contributed by atoms with van der Waals surface area (Å²) < 4.78 is 13.8. The molecule has 1 aromatic rings. The van der Waals surface area contributed by atoms with E-state index in [9.17, 15) is 0 Å². The second kappa shape index (κ2) is 4.92. The van der Waals surface area contributed by atoms with Crippen LogP contribution in [0.4, 0.5) is 0 Å². The minimum atomic E-state index is 0.131. The third-order valence-corrected chi connectivity index (χ3v) is 2.93. The van der Waals surface area contributed by atoms with Crippen LogP contribution in [0.5, 0.6) is 0 Å². The van der Waals surface area contributed by atoms with E-state index < -0.39 is 0 Å². The van der Waals surface area contributed by atoms with Crippen molar-refractivity contribution < 1.29 is 9.47 Å². The largest absolute Gasteiger partial charge is 0.376 e. The van der Waals surface area contributed by atoms with Gasteiger partial charge >= 0.3 is 0 Å². The summed E-state index contributed by atoms with van der Waals surface area (Å²) in [7, 11) is 0. The van der Waals surface area contributed by atoms with Crippen LogP contribution in [-0.2, 0) is 22.4 Å². The van der Waals surface area contributed by atoms with E-state index in [4.69, 9.17) is 21.7 Å². The van der Waals surface area contributed by atoms with Gasteiger partial charge in [-0.2, -0.15) is 0 Å². The average Bonchev–Trinajstić information content (AvgIpc) is 2.62. The molecule has 0 saturated carbocycles. The number of hydrogen-bond donors (Lipinski definition) is 1. The Bertz CT molecular complexity index is 366. The first-order valence-electron chi connectivity index (χ1n) is 5.27. The summed E-state index contributed by atoms with van der Waals surface area (Å²) in [6.45, 7) is 4.95. The van der Waals surface area contributed by atoms with Crippen LogP contribution in [0.15, 0.2) is 6.20 Å². The Morgan fingerprint density at radius 1 is 1.60 bits per heavy atom. The fraction of sp³-hybridized carbons (Fsp3) is 0.700. The Balaban J connectivity index is 2.08. The van der Waals surface area contributed by atoms with Crippen molar-refractivity contribution in [3.05, 3.63) is 16.7 Å². The lowest BCUT2D eigenvalue weighted by Crippen LogP contribution is -2.32. The number of imidazole rings is 1. The minimum Gasteiger partial charge on any atom is -0.376 e. The highest BCUT2D eigenvalue weighted by Gasteiger charge is 2.16. The lowest BCUT2D eigenvalue weighted by molar-refractivity contribution is -0.0938. The summed E-state index contributed by atoms with van der Waals surface area (Å²) >= 11 is 5.22. The molecule has 0 amide bonds. The van der Waals surface area contributed by atoms with Gasteiger partial charge in [-0.25, -0.2) is 0 Å². The van der Waals surface area contributed by atoms with E-state index in [-0.39, 0.29) is 6.10 Å². The van der Waals surface area contributed by atoms with Crippen LogP contribution in [0.1, 0.15) is 12.6 Å². The molecule has 2 heterocycles. The highest BCUT2D eigenvalue weighted by molar-refractivity contribution is 7.71. The monoisotopic (exact) mass is 228 g/mol. The van der Waals surface area contributed by atoms with Crippen LogP contribution >= 0.6 is 12.2 Å². The molecule has 1 aromatic heterocycles. The summed E-state index contributed by atoms with van der Waals surface area (Å²) in [5.41, 5.74) is 1.22. The lowest BCUT2D eigenvalue weighted by atomic mass is 10.3. The molecule has 4 nitrogen and oxygen atoms in total. The van der Waals surface area contributed by atoms with Gasteiger partial charge in [0.15, 0.2) is 4.77 Å². The maximum atomic E-state index is 5.60. The molecule has 15 heavy (non-hydrogen) atoms. The fourth-order valence-corrected chi connectivity index (χ4v) is 2.02. The van der Waals surface area contributed by atoms with Gasteiger partial charge in [0.05, 0.1) is 32.5 Å². The number of nitrogens with zero attached hydrogens (tertiary/aromatic N) is 1. The minimum absolute atomic E-state index is 0.131. The molecule has 5 heteroatoms. The molecule has 1 N–H and O–H groups in total. The second-order valence-electron chi connectivity index (χ2n) is 3.62. The van der Waals surface area contributed by atoms with Gasteiger partial charge in [-0.1, -0.05) is 6.92 Å². The second-order valence-corrected chi connectivity index (χ2v) is 4.00. The number of aryl methyl sites for hydroxylation is 1. The molecule has 0 radical (unpaired) electrons. The molecule has 1 atom stereocenters. The number of H-pyrrole nitrogens is 1. The number of ether oxygens (including phenoxy) is 2. The highest BCUT2D eigenvalue weighted by Crippen LogP contribution is 2.08. The van der Waals surface area contributed by atoms with Gasteiger partial charge in [-0.05, 0) is 18.6 Å². The first-order valence-corrected chi connectivity index (χ1v) is 5.68. The van der Waals surface area contributed by atoms with Crippen LogP contribution in [0, 0.1) is 4.77 Å². The number of hydrogen-bond acceptors (Lipinski definition) is 3. The number of rotatable bonds is 3. The maximum Gasteiger partial charge on any atom is 0.177 e. The molecule has 0 aliphatic carbocycles. The van der Waals surface area contributed by atoms with Gasteiger partial charge in [-0.3, -0.25) is 0 Å². The molecule has 84 valence electrons. The molecule has 1 saturated heterocycles. The van der Waals surface area contributed by atoms with E-state index in [0.717, 1.165) is 17.7 Å². The van der Waals surface area contributed by atoms with Crippen molar-refractivity contribution in [2.75, 3.05) is 19.8 Å². The average molecular weight is 228 g/mol. The Labute approximate surface area is 94.2 Å². The molecule has 2 rings (SSSR count). The predicted octanol–water partition coefficient (Wildman–Crippen LogP) is 1.52. The van der Waals surface area contributed by atoms with Crippen molar-refractivity contribution in [1.82, 2.24) is 9.55 Å². The van der Waals surface area contributed by atoms with E-state index in [1.54, 1.807) is 0 Å². The normalized spacial score (nSPS) is 21.8. The first-order chi connectivity index (χ1) is 7.31. The van der Waals surface area contributed by atoms with Gasteiger partial charge in [-0.15, -0.1) is 0 Å². The van der Waals surface area contributed by atoms with E-state index in [1.807, 2.05) is 6.20 Å². The van der Waals surface area contributed by atoms with Crippen molar-refractivity contribution in [3.8, 4) is 0 Å². The Kier molecular flexibility index (Phi) is 3.56. The quantitative estimate of drug-likeness (QED) is 0.797. The first kappa shape index (κ1) is 10.9. The molecule has 1 aliphatic heterocycles. The summed E-state index contributed by atoms with van der Waals surface area (Å²) in [5.74, 6) is 0. The number of aromatic amines is 1. The molecule has 0 aromatic carbocycles. The van der Waals surface area contributed by atoms with Crippen LogP contribution in [0.25, 0.3) is 0 Å². The predicted molar refractivity (Wildman–Crippen MR) is 59.6 cm³/mol. The molecule has 1 aliphatic rings. The van der Waals surface area contributed by atoms with Crippen molar-refractivity contribution >= 4 is 12.2 Å². The highest BCUT2D eigenvalue weighted by atomic mass is 32.1.